The van der Waals surface area contributed by atoms with Crippen LogP contribution in [0.4, 0.5) is 0 Å². The minimum Gasteiger partial charge on any atom is -0.408 e. The third kappa shape index (κ3) is 1.10. The van der Waals surface area contributed by atoms with Crippen molar-refractivity contribution in [2.75, 3.05) is 0 Å². The molecule has 0 amide bonds. The molecule has 0 aliphatic heterocycles. The van der Waals surface area contributed by atoms with Crippen LogP contribution < -0.4 is 0 Å². The minimum atomic E-state index is -0.496. The molecule has 0 saturated heterocycles. The molecular formula is C12H17O2+. The normalized spacial score (nSPS) is 42.3. The van der Waals surface area contributed by atoms with Crippen LogP contribution in [0.25, 0.3) is 0 Å². The van der Waals surface area contributed by atoms with Crippen LogP contribution >= 0.6 is 0 Å². The van der Waals surface area contributed by atoms with Crippen molar-refractivity contribution >= 4 is 5.97 Å². The van der Waals surface area contributed by atoms with E-state index in [9.17, 15) is 4.79 Å². The zero-order valence-corrected chi connectivity index (χ0v) is 9.26. The number of hydrogen-bond acceptors (Lipinski definition) is 2. The van der Waals surface area contributed by atoms with Gasteiger partial charge in [-0.1, -0.05) is 13.8 Å². The van der Waals surface area contributed by atoms with Crippen molar-refractivity contribution in [2.24, 2.45) is 17.3 Å². The van der Waals surface area contributed by atoms with Gasteiger partial charge in [-0.2, -0.15) is 0 Å². The van der Waals surface area contributed by atoms with Gasteiger partial charge in [0.25, 0.3) is 6.08 Å². The Morgan fingerprint density at radius 2 is 2.14 bits per heavy atom. The van der Waals surface area contributed by atoms with E-state index in [1.807, 2.05) is 6.92 Å². The molecule has 0 N–H and O–H groups in total. The summed E-state index contributed by atoms with van der Waals surface area (Å²) in [4.78, 5) is 11.0. The number of allylic oxidation sites excluding steroid dienone is 1. The van der Waals surface area contributed by atoms with Gasteiger partial charge in [0.2, 0.25) is 0 Å². The molecule has 1 saturated carbocycles. The summed E-state index contributed by atoms with van der Waals surface area (Å²) in [5.74, 6) is 0.833. The van der Waals surface area contributed by atoms with Crippen molar-refractivity contribution in [1.29, 1.82) is 0 Å². The van der Waals surface area contributed by atoms with E-state index in [1.54, 1.807) is 0 Å². The van der Waals surface area contributed by atoms with Gasteiger partial charge < -0.3 is 4.74 Å². The minimum absolute atomic E-state index is 0.213. The Balaban J connectivity index is 2.26. The van der Waals surface area contributed by atoms with Gasteiger partial charge in [0.05, 0.1) is 5.92 Å². The fraction of sp³-hybridized carbons (Fsp3) is 0.750. The lowest BCUT2D eigenvalue weighted by atomic mass is 9.47. The van der Waals surface area contributed by atoms with Gasteiger partial charge in [-0.3, -0.25) is 4.79 Å². The first-order valence-corrected chi connectivity index (χ1v) is 5.17. The Kier molecular flexibility index (Phi) is 1.78. The Hall–Kier alpha value is -0.880. The van der Waals surface area contributed by atoms with E-state index < -0.39 is 5.60 Å². The first-order chi connectivity index (χ1) is 6.36. The van der Waals surface area contributed by atoms with Crippen molar-refractivity contribution in [3.05, 3.63) is 12.2 Å². The molecule has 0 heterocycles. The number of hydrogen-bond donors (Lipinski definition) is 0. The fourth-order valence-electron chi connectivity index (χ4n) is 2.94. The molecule has 3 aliphatic rings. The van der Waals surface area contributed by atoms with Gasteiger partial charge in [-0.05, 0) is 11.8 Å². The third-order valence-corrected chi connectivity index (χ3v) is 3.94. The molecular weight excluding hydrogens is 176 g/mol. The standard InChI is InChI=1S/C12H17O2/c1-8(13)14-12(4)6-5-9-7-10(12)11(9,2)3/h5,9-10H,7H2,1-4H3/q+1/t9?,10-,12?/m1/s1. The quantitative estimate of drug-likeness (QED) is 0.472. The molecule has 0 aromatic rings. The second-order valence-electron chi connectivity index (χ2n) is 5.23. The maximum absolute atomic E-state index is 11.0. The number of esters is 1. The summed E-state index contributed by atoms with van der Waals surface area (Å²) in [6.07, 6.45) is 6.43. The summed E-state index contributed by atoms with van der Waals surface area (Å²) >= 11 is 0. The molecule has 0 aromatic carbocycles. The predicted molar refractivity (Wildman–Crippen MR) is 53.4 cm³/mol. The average molecular weight is 193 g/mol. The Labute approximate surface area is 85.3 Å². The van der Waals surface area contributed by atoms with Crippen LogP contribution in [-0.2, 0) is 9.53 Å². The lowest BCUT2D eigenvalue weighted by Crippen LogP contribution is -2.59. The van der Waals surface area contributed by atoms with Crippen molar-refractivity contribution in [3.8, 4) is 0 Å². The second-order valence-corrected chi connectivity index (χ2v) is 5.23. The molecule has 0 radical (unpaired) electrons. The SMILES string of the molecule is CC(=O)OC1(C)[C+]=CC2C[C@@H]1C2(C)C. The first-order valence-electron chi connectivity index (χ1n) is 5.17. The monoisotopic (exact) mass is 193 g/mol. The molecule has 3 atom stereocenters. The molecule has 14 heavy (non-hydrogen) atoms. The van der Waals surface area contributed by atoms with Crippen molar-refractivity contribution in [2.45, 2.75) is 39.7 Å². The second kappa shape index (κ2) is 2.58. The summed E-state index contributed by atoms with van der Waals surface area (Å²) in [5.41, 5.74) is -0.237. The maximum atomic E-state index is 11.0. The van der Waals surface area contributed by atoms with Crippen molar-refractivity contribution < 1.29 is 9.53 Å². The highest BCUT2D eigenvalue weighted by Crippen LogP contribution is 2.60. The molecule has 3 rings (SSSR count). The largest absolute Gasteiger partial charge is 0.408 e. The number of carbonyl (C=O) groups is 1. The van der Waals surface area contributed by atoms with Gasteiger partial charge in [0.15, 0.2) is 6.08 Å². The van der Waals surface area contributed by atoms with E-state index in [-0.39, 0.29) is 11.4 Å². The molecule has 0 aromatic heterocycles. The highest BCUT2D eigenvalue weighted by Gasteiger charge is 2.66. The molecule has 2 heteroatoms. The van der Waals surface area contributed by atoms with Crippen molar-refractivity contribution in [3.63, 3.8) is 0 Å². The Morgan fingerprint density at radius 1 is 1.50 bits per heavy atom. The summed E-state index contributed by atoms with van der Waals surface area (Å²) in [5, 5.41) is 0. The van der Waals surface area contributed by atoms with E-state index in [1.165, 1.54) is 6.92 Å². The summed E-state index contributed by atoms with van der Waals surface area (Å²) in [6.45, 7) is 7.91. The van der Waals surface area contributed by atoms with Gasteiger partial charge in [-0.15, -0.1) is 0 Å². The zero-order valence-electron chi connectivity index (χ0n) is 9.26. The molecule has 2 nitrogen and oxygen atoms in total. The first kappa shape index (κ1) is 9.67. The number of fused-ring (bicyclic) bond motifs is 1. The molecule has 2 bridgehead atoms. The van der Waals surface area contributed by atoms with Gasteiger partial charge in [-0.25, -0.2) is 0 Å². The van der Waals surface area contributed by atoms with Crippen LogP contribution in [0.1, 0.15) is 34.1 Å². The average Bonchev–Trinajstić information content (AvgIpc) is 2.00. The van der Waals surface area contributed by atoms with E-state index in [2.05, 4.69) is 26.0 Å². The van der Waals surface area contributed by atoms with E-state index in [0.29, 0.717) is 11.8 Å². The van der Waals surface area contributed by atoms with E-state index in [0.717, 1.165) is 6.42 Å². The fourth-order valence-corrected chi connectivity index (χ4v) is 2.94. The summed E-state index contributed by atoms with van der Waals surface area (Å²) in [7, 11) is 0. The summed E-state index contributed by atoms with van der Waals surface area (Å²) < 4.78 is 5.38. The highest BCUT2D eigenvalue weighted by molar-refractivity contribution is 5.66. The van der Waals surface area contributed by atoms with Gasteiger partial charge in [0.1, 0.15) is 0 Å². The van der Waals surface area contributed by atoms with Crippen LogP contribution in [0.5, 0.6) is 0 Å². The third-order valence-electron chi connectivity index (χ3n) is 3.94. The highest BCUT2D eigenvalue weighted by atomic mass is 16.6. The molecule has 76 valence electrons. The maximum Gasteiger partial charge on any atom is 0.325 e. The lowest BCUT2D eigenvalue weighted by molar-refractivity contribution is -0.180. The smallest absolute Gasteiger partial charge is 0.325 e. The van der Waals surface area contributed by atoms with Crippen LogP contribution in [0, 0.1) is 23.3 Å². The predicted octanol–water partition coefficient (Wildman–Crippen LogP) is 2.34. The molecule has 2 unspecified atom stereocenters. The van der Waals surface area contributed by atoms with Gasteiger partial charge in [0, 0.05) is 19.8 Å². The summed E-state index contributed by atoms with van der Waals surface area (Å²) in [6, 6.07) is 0. The Bertz CT molecular complexity index is 303. The number of ether oxygens (including phenoxy) is 1. The van der Waals surface area contributed by atoms with Crippen molar-refractivity contribution in [1.82, 2.24) is 0 Å². The zero-order chi connectivity index (χ0) is 10.6. The molecule has 0 spiro atoms. The topological polar surface area (TPSA) is 26.3 Å². The lowest BCUT2D eigenvalue weighted by Gasteiger charge is -2.53. The van der Waals surface area contributed by atoms with Crippen LogP contribution in [0.2, 0.25) is 0 Å². The van der Waals surface area contributed by atoms with E-state index in [4.69, 9.17) is 4.74 Å². The molecule has 3 aliphatic carbocycles. The molecule has 1 fully saturated rings. The number of carbonyl (C=O) groups excluding carboxylic acids is 1. The van der Waals surface area contributed by atoms with Crippen LogP contribution in [-0.4, -0.2) is 11.6 Å². The Morgan fingerprint density at radius 3 is 2.57 bits per heavy atom. The number of rotatable bonds is 1. The van der Waals surface area contributed by atoms with Crippen LogP contribution in [0.15, 0.2) is 6.08 Å². The van der Waals surface area contributed by atoms with Gasteiger partial charge >= 0.3 is 11.6 Å². The van der Waals surface area contributed by atoms with Crippen LogP contribution in [0.3, 0.4) is 0 Å². The van der Waals surface area contributed by atoms with E-state index >= 15 is 0 Å².